The number of nitrogen functional groups attached to an aromatic ring is 1. The maximum Gasteiger partial charge on any atom is 0.323 e. The topological polar surface area (TPSA) is 97.4 Å². The first-order valence-corrected chi connectivity index (χ1v) is 5.71. The number of hydrogen-bond acceptors (Lipinski definition) is 7. The van der Waals surface area contributed by atoms with E-state index < -0.39 is 0 Å². The van der Waals surface area contributed by atoms with Crippen molar-refractivity contribution in [2.75, 3.05) is 36.9 Å². The smallest absolute Gasteiger partial charge is 0.323 e. The van der Waals surface area contributed by atoms with Crippen LogP contribution < -0.4 is 15.4 Å². The molecule has 0 unspecified atom stereocenters. The zero-order chi connectivity index (χ0) is 12.7. The second-order valence-corrected chi connectivity index (χ2v) is 3.43. The molecule has 0 amide bonds. The van der Waals surface area contributed by atoms with Crippen LogP contribution in [-0.2, 0) is 0 Å². The monoisotopic (exact) mass is 241 g/mol. The van der Waals surface area contributed by atoms with Crippen molar-refractivity contribution in [2.45, 2.75) is 20.3 Å². The molecule has 3 N–H and O–H groups in total. The van der Waals surface area contributed by atoms with Gasteiger partial charge in [0.2, 0.25) is 11.9 Å². The molecule has 1 aromatic heterocycles. The lowest BCUT2D eigenvalue weighted by Crippen LogP contribution is -2.28. The Morgan fingerprint density at radius 2 is 2.06 bits per heavy atom. The number of anilines is 2. The van der Waals surface area contributed by atoms with E-state index in [0.29, 0.717) is 25.6 Å². The second-order valence-electron chi connectivity index (χ2n) is 3.43. The Morgan fingerprint density at radius 1 is 1.29 bits per heavy atom. The van der Waals surface area contributed by atoms with Gasteiger partial charge in [0, 0.05) is 13.1 Å². The summed E-state index contributed by atoms with van der Waals surface area (Å²) in [7, 11) is 0. The summed E-state index contributed by atoms with van der Waals surface area (Å²) in [5.41, 5.74) is 5.59. The molecule has 0 saturated carbocycles. The molecule has 7 nitrogen and oxygen atoms in total. The third-order valence-corrected chi connectivity index (χ3v) is 2.09. The van der Waals surface area contributed by atoms with Gasteiger partial charge >= 0.3 is 6.01 Å². The second kappa shape index (κ2) is 6.85. The van der Waals surface area contributed by atoms with Crippen LogP contribution in [0.3, 0.4) is 0 Å². The Labute approximate surface area is 101 Å². The largest absolute Gasteiger partial charge is 0.463 e. The van der Waals surface area contributed by atoms with Crippen LogP contribution in [0.4, 0.5) is 11.9 Å². The maximum atomic E-state index is 8.93. The molecule has 0 fully saturated rings. The van der Waals surface area contributed by atoms with E-state index in [0.717, 1.165) is 6.42 Å². The van der Waals surface area contributed by atoms with E-state index in [9.17, 15) is 0 Å². The number of rotatable bonds is 7. The predicted molar refractivity (Wildman–Crippen MR) is 65.0 cm³/mol. The molecular weight excluding hydrogens is 222 g/mol. The first-order valence-electron chi connectivity index (χ1n) is 5.71. The van der Waals surface area contributed by atoms with Gasteiger partial charge in [0.15, 0.2) is 0 Å². The summed E-state index contributed by atoms with van der Waals surface area (Å²) in [5.74, 6) is 0.553. The fraction of sp³-hybridized carbons (Fsp3) is 0.700. The Kier molecular flexibility index (Phi) is 5.41. The Balaban J connectivity index is 2.86. The Morgan fingerprint density at radius 3 is 2.65 bits per heavy atom. The summed E-state index contributed by atoms with van der Waals surface area (Å²) >= 11 is 0. The average Bonchev–Trinajstić information content (AvgIpc) is 2.32. The van der Waals surface area contributed by atoms with Crippen molar-refractivity contribution in [1.82, 2.24) is 15.0 Å². The molecular formula is C10H19N5O2. The number of likely N-dealkylation sites (N-methyl/N-ethyl adjacent to an activating group) is 1. The van der Waals surface area contributed by atoms with E-state index in [4.69, 9.17) is 15.6 Å². The van der Waals surface area contributed by atoms with E-state index in [-0.39, 0.29) is 18.6 Å². The Bertz CT molecular complexity index is 347. The van der Waals surface area contributed by atoms with Gasteiger partial charge in [0.1, 0.15) is 0 Å². The lowest BCUT2D eigenvalue weighted by atomic mass is 10.5. The highest BCUT2D eigenvalue weighted by Gasteiger charge is 2.11. The van der Waals surface area contributed by atoms with Gasteiger partial charge in [-0.2, -0.15) is 15.0 Å². The van der Waals surface area contributed by atoms with Crippen LogP contribution >= 0.6 is 0 Å². The highest BCUT2D eigenvalue weighted by atomic mass is 16.5. The van der Waals surface area contributed by atoms with Gasteiger partial charge in [-0.3, -0.25) is 0 Å². The number of ether oxygens (including phenoxy) is 1. The van der Waals surface area contributed by atoms with Gasteiger partial charge < -0.3 is 20.5 Å². The molecule has 0 aromatic carbocycles. The summed E-state index contributed by atoms with van der Waals surface area (Å²) in [5, 5.41) is 8.93. The fourth-order valence-electron chi connectivity index (χ4n) is 1.28. The minimum absolute atomic E-state index is 0.0323. The summed E-state index contributed by atoms with van der Waals surface area (Å²) in [6.45, 7) is 5.64. The van der Waals surface area contributed by atoms with Crippen molar-refractivity contribution < 1.29 is 9.84 Å². The normalized spacial score (nSPS) is 10.3. The molecule has 0 aliphatic carbocycles. The van der Waals surface area contributed by atoms with Crippen LogP contribution in [-0.4, -0.2) is 46.4 Å². The van der Waals surface area contributed by atoms with Crippen molar-refractivity contribution >= 4 is 11.9 Å². The Hall–Kier alpha value is -1.63. The van der Waals surface area contributed by atoms with E-state index in [1.165, 1.54) is 0 Å². The third-order valence-electron chi connectivity index (χ3n) is 2.09. The number of nitrogens with zero attached hydrogens (tertiary/aromatic N) is 4. The third kappa shape index (κ3) is 4.03. The molecule has 1 rings (SSSR count). The lowest BCUT2D eigenvalue weighted by molar-refractivity contribution is 0.289. The number of aliphatic hydroxyl groups is 1. The van der Waals surface area contributed by atoms with E-state index in [1.807, 2.05) is 13.8 Å². The molecule has 0 aliphatic rings. The van der Waals surface area contributed by atoms with Gasteiger partial charge in [0.25, 0.3) is 0 Å². The van der Waals surface area contributed by atoms with Crippen LogP contribution in [0.15, 0.2) is 0 Å². The van der Waals surface area contributed by atoms with E-state index in [1.54, 1.807) is 4.90 Å². The van der Waals surface area contributed by atoms with Gasteiger partial charge in [0.05, 0.1) is 13.2 Å². The van der Waals surface area contributed by atoms with Crippen molar-refractivity contribution in [3.63, 3.8) is 0 Å². The van der Waals surface area contributed by atoms with Crippen LogP contribution in [0.2, 0.25) is 0 Å². The van der Waals surface area contributed by atoms with Gasteiger partial charge in [-0.25, -0.2) is 0 Å². The first kappa shape index (κ1) is 13.4. The van der Waals surface area contributed by atoms with Crippen molar-refractivity contribution in [1.29, 1.82) is 0 Å². The minimum atomic E-state index is 0.0323. The highest BCUT2D eigenvalue weighted by Crippen LogP contribution is 2.13. The minimum Gasteiger partial charge on any atom is -0.463 e. The molecule has 0 aliphatic heterocycles. The first-order chi connectivity index (χ1) is 8.21. The van der Waals surface area contributed by atoms with E-state index >= 15 is 0 Å². The van der Waals surface area contributed by atoms with Gasteiger partial charge in [-0.1, -0.05) is 6.92 Å². The average molecular weight is 241 g/mol. The molecule has 1 heterocycles. The number of hydrogen-bond donors (Lipinski definition) is 2. The van der Waals surface area contributed by atoms with Crippen molar-refractivity contribution in [2.24, 2.45) is 0 Å². The highest BCUT2D eigenvalue weighted by molar-refractivity contribution is 5.35. The SMILES string of the molecule is CCCOc1nc(N)nc(N(CC)CCO)n1. The molecule has 0 saturated heterocycles. The number of aliphatic hydroxyl groups excluding tert-OH is 1. The van der Waals surface area contributed by atoms with Crippen LogP contribution in [0.25, 0.3) is 0 Å². The summed E-state index contributed by atoms with van der Waals surface area (Å²) in [6.07, 6.45) is 0.870. The fourth-order valence-corrected chi connectivity index (χ4v) is 1.28. The molecule has 96 valence electrons. The predicted octanol–water partition coefficient (Wildman–Crippen LogP) is 0.0612. The van der Waals surface area contributed by atoms with Crippen LogP contribution in [0, 0.1) is 0 Å². The maximum absolute atomic E-state index is 8.93. The summed E-state index contributed by atoms with van der Waals surface area (Å²) in [4.78, 5) is 13.9. The molecule has 0 atom stereocenters. The van der Waals surface area contributed by atoms with Crippen molar-refractivity contribution in [3.8, 4) is 6.01 Å². The lowest BCUT2D eigenvalue weighted by Gasteiger charge is -2.19. The zero-order valence-corrected chi connectivity index (χ0v) is 10.3. The standard InChI is InChI=1S/C10H19N5O2/c1-3-7-17-10-13-8(11)12-9(14-10)15(4-2)5-6-16/h16H,3-7H2,1-2H3,(H2,11,12,13,14). The van der Waals surface area contributed by atoms with Crippen LogP contribution in [0.5, 0.6) is 6.01 Å². The summed E-state index contributed by atoms with van der Waals surface area (Å²) < 4.78 is 5.32. The molecule has 0 radical (unpaired) electrons. The molecule has 0 bridgehead atoms. The number of aromatic nitrogens is 3. The number of nitrogens with two attached hydrogens (primary N) is 1. The summed E-state index contributed by atoms with van der Waals surface area (Å²) in [6, 6.07) is 0.228. The van der Waals surface area contributed by atoms with Crippen LogP contribution in [0.1, 0.15) is 20.3 Å². The molecule has 17 heavy (non-hydrogen) atoms. The zero-order valence-electron chi connectivity index (χ0n) is 10.3. The molecule has 7 heteroatoms. The van der Waals surface area contributed by atoms with Gasteiger partial charge in [-0.15, -0.1) is 0 Å². The quantitative estimate of drug-likeness (QED) is 0.696. The molecule has 1 aromatic rings. The van der Waals surface area contributed by atoms with E-state index in [2.05, 4.69) is 15.0 Å². The van der Waals surface area contributed by atoms with Crippen molar-refractivity contribution in [3.05, 3.63) is 0 Å². The molecule has 0 spiro atoms. The van der Waals surface area contributed by atoms with Gasteiger partial charge in [-0.05, 0) is 13.3 Å².